The van der Waals surface area contributed by atoms with Crippen LogP contribution in [0.15, 0.2) is 97.1 Å². The van der Waals surface area contributed by atoms with Crippen LogP contribution in [0, 0.1) is 12.3 Å². The topological polar surface area (TPSA) is 0 Å². The van der Waals surface area contributed by atoms with Gasteiger partial charge < -0.3 is 0 Å². The van der Waals surface area contributed by atoms with Gasteiger partial charge in [-0.2, -0.15) is 0 Å². The first kappa shape index (κ1) is 18.2. The summed E-state index contributed by atoms with van der Waals surface area (Å²) in [6, 6.07) is 34.4. The minimum absolute atomic E-state index is 0.881. The lowest BCUT2D eigenvalue weighted by Gasteiger charge is -2.21. The molecule has 30 heavy (non-hydrogen) atoms. The number of hydrogen-bond donors (Lipinski definition) is 0. The van der Waals surface area contributed by atoms with E-state index in [0.717, 1.165) is 17.4 Å². The molecule has 5 aromatic carbocycles. The summed E-state index contributed by atoms with van der Waals surface area (Å²) in [7, 11) is 0. The predicted molar refractivity (Wildman–Crippen MR) is 130 cm³/mol. The summed E-state index contributed by atoms with van der Waals surface area (Å²) in [5.74, 6) is 3.04. The van der Waals surface area contributed by atoms with Gasteiger partial charge in [0.1, 0.15) is 0 Å². The molecule has 0 spiro atoms. The second-order valence-electron chi connectivity index (χ2n) is 7.58. The fourth-order valence-electron chi connectivity index (χ4n) is 4.57. The Hall–Kier alpha value is -3.82. The molecule has 0 heteroatoms. The van der Waals surface area contributed by atoms with Crippen LogP contribution in [0.25, 0.3) is 43.8 Å². The quantitative estimate of drug-likeness (QED) is 0.220. The fraction of sp³-hybridized carbons (Fsp3) is 0.0667. The van der Waals surface area contributed by atoms with Crippen molar-refractivity contribution in [1.82, 2.24) is 0 Å². The van der Waals surface area contributed by atoms with Crippen molar-refractivity contribution >= 4 is 21.5 Å². The summed E-state index contributed by atoms with van der Waals surface area (Å²) in [5, 5.41) is 4.82. The third kappa shape index (κ3) is 2.88. The third-order valence-corrected chi connectivity index (χ3v) is 5.90. The second-order valence-corrected chi connectivity index (χ2v) is 7.58. The maximum atomic E-state index is 6.12. The van der Waals surface area contributed by atoms with Crippen LogP contribution < -0.4 is 0 Å². The lowest BCUT2D eigenvalue weighted by molar-refractivity contribution is 1.14. The Morgan fingerprint density at radius 2 is 1.13 bits per heavy atom. The molecule has 0 amide bonds. The molecular formula is C30H22. The number of rotatable bonds is 3. The van der Waals surface area contributed by atoms with Crippen LogP contribution >= 0.6 is 0 Å². The average Bonchev–Trinajstić information content (AvgIpc) is 2.82. The maximum absolute atomic E-state index is 6.12. The maximum Gasteiger partial charge on any atom is 0.0359 e. The highest BCUT2D eigenvalue weighted by molar-refractivity contribution is 6.12. The average molecular weight is 383 g/mol. The first-order valence-electron chi connectivity index (χ1n) is 10.4. The van der Waals surface area contributed by atoms with Gasteiger partial charge in [-0.15, -0.1) is 6.42 Å². The van der Waals surface area contributed by atoms with Crippen molar-refractivity contribution in [2.75, 3.05) is 0 Å². The van der Waals surface area contributed by atoms with Gasteiger partial charge in [0.15, 0.2) is 0 Å². The van der Waals surface area contributed by atoms with E-state index in [9.17, 15) is 0 Å². The predicted octanol–water partition coefficient (Wildman–Crippen LogP) is 7.87. The molecule has 0 radical (unpaired) electrons. The lowest BCUT2D eigenvalue weighted by Crippen LogP contribution is -1.99. The van der Waals surface area contributed by atoms with Crippen LogP contribution in [0.5, 0.6) is 0 Å². The van der Waals surface area contributed by atoms with Gasteiger partial charge in [0.05, 0.1) is 0 Å². The Bertz CT molecular complexity index is 1400. The van der Waals surface area contributed by atoms with Crippen molar-refractivity contribution in [1.29, 1.82) is 0 Å². The second kappa shape index (κ2) is 7.54. The van der Waals surface area contributed by atoms with Crippen LogP contribution in [0.4, 0.5) is 0 Å². The molecular weight excluding hydrogens is 360 g/mol. The molecule has 0 fully saturated rings. The highest BCUT2D eigenvalue weighted by atomic mass is 14.2. The van der Waals surface area contributed by atoms with Gasteiger partial charge in [-0.3, -0.25) is 0 Å². The first-order valence-corrected chi connectivity index (χ1v) is 10.4. The highest BCUT2D eigenvalue weighted by Gasteiger charge is 2.20. The van der Waals surface area contributed by atoms with Crippen molar-refractivity contribution in [3.05, 3.63) is 108 Å². The Kier molecular flexibility index (Phi) is 4.58. The Labute approximate surface area is 177 Å². The molecule has 5 rings (SSSR count). The van der Waals surface area contributed by atoms with Crippen LogP contribution in [0.2, 0.25) is 0 Å². The van der Waals surface area contributed by atoms with E-state index in [1.54, 1.807) is 0 Å². The van der Waals surface area contributed by atoms with Gasteiger partial charge in [0, 0.05) is 5.56 Å². The van der Waals surface area contributed by atoms with E-state index in [1.165, 1.54) is 44.0 Å². The molecule has 0 nitrogen and oxygen atoms in total. The monoisotopic (exact) mass is 382 g/mol. The van der Waals surface area contributed by atoms with Crippen molar-refractivity contribution < 1.29 is 0 Å². The summed E-state index contributed by atoms with van der Waals surface area (Å²) in [6.45, 7) is 2.20. The zero-order valence-corrected chi connectivity index (χ0v) is 17.0. The molecule has 0 atom stereocenters. The molecule has 0 aliphatic carbocycles. The van der Waals surface area contributed by atoms with E-state index in [0.29, 0.717) is 0 Å². The molecule has 0 aliphatic rings. The van der Waals surface area contributed by atoms with Crippen LogP contribution in [0.3, 0.4) is 0 Å². The Morgan fingerprint density at radius 3 is 1.67 bits per heavy atom. The molecule has 0 unspecified atom stereocenters. The van der Waals surface area contributed by atoms with Gasteiger partial charge in [0.2, 0.25) is 0 Å². The molecule has 0 heterocycles. The Balaban J connectivity index is 2.06. The van der Waals surface area contributed by atoms with Gasteiger partial charge in [-0.05, 0) is 67.9 Å². The molecule has 0 aromatic heterocycles. The molecule has 0 aliphatic heterocycles. The first-order chi connectivity index (χ1) is 14.8. The van der Waals surface area contributed by atoms with E-state index in [-0.39, 0.29) is 0 Å². The van der Waals surface area contributed by atoms with Gasteiger partial charge in [-0.1, -0.05) is 97.8 Å². The number of terminal acetylenes is 1. The van der Waals surface area contributed by atoms with E-state index in [1.807, 2.05) is 0 Å². The van der Waals surface area contributed by atoms with Crippen molar-refractivity contribution in [3.63, 3.8) is 0 Å². The summed E-state index contributed by atoms with van der Waals surface area (Å²) in [6.07, 6.45) is 7.00. The number of fused-ring (bicyclic) bond motifs is 2. The van der Waals surface area contributed by atoms with Gasteiger partial charge in [0.25, 0.3) is 0 Å². The van der Waals surface area contributed by atoms with Crippen LogP contribution in [0.1, 0.15) is 18.1 Å². The van der Waals surface area contributed by atoms with Crippen molar-refractivity contribution in [2.24, 2.45) is 0 Å². The smallest absolute Gasteiger partial charge is 0.0359 e. The van der Waals surface area contributed by atoms with Gasteiger partial charge >= 0.3 is 0 Å². The minimum Gasteiger partial charge on any atom is -0.115 e. The van der Waals surface area contributed by atoms with E-state index < -0.39 is 0 Å². The zero-order valence-electron chi connectivity index (χ0n) is 17.0. The Morgan fingerprint density at radius 1 is 0.633 bits per heavy atom. The third-order valence-electron chi connectivity index (χ3n) is 5.90. The normalized spacial score (nSPS) is 10.9. The van der Waals surface area contributed by atoms with Crippen molar-refractivity contribution in [3.8, 4) is 34.6 Å². The summed E-state index contributed by atoms with van der Waals surface area (Å²) >= 11 is 0. The molecule has 142 valence electrons. The highest BCUT2D eigenvalue weighted by Crippen LogP contribution is 2.44. The molecule has 0 saturated heterocycles. The standard InChI is InChI=1S/C30H22/c1-3-25-26(4-2)29(21-13-7-5-8-14-21)30(22-15-9-6-10-16-22)28-20-24-18-12-11-17-23(24)19-27(25)28/h1,5-20H,4H2,2H3. The SMILES string of the molecule is C#Cc1c(CC)c(-c2ccccc2)c(-c2ccccc2)c2cc3ccccc3cc12. The summed E-state index contributed by atoms with van der Waals surface area (Å²) < 4.78 is 0. The fourth-order valence-corrected chi connectivity index (χ4v) is 4.57. The largest absolute Gasteiger partial charge is 0.115 e. The minimum atomic E-state index is 0.881. The molecule has 5 aromatic rings. The van der Waals surface area contributed by atoms with Crippen molar-refractivity contribution in [2.45, 2.75) is 13.3 Å². The van der Waals surface area contributed by atoms with Crippen LogP contribution in [-0.2, 0) is 6.42 Å². The van der Waals surface area contributed by atoms with E-state index in [2.05, 4.69) is 110 Å². The zero-order chi connectivity index (χ0) is 20.5. The lowest BCUT2D eigenvalue weighted by atomic mass is 9.81. The molecule has 0 saturated carbocycles. The summed E-state index contributed by atoms with van der Waals surface area (Å²) in [5.41, 5.74) is 7.19. The molecule has 0 bridgehead atoms. The van der Waals surface area contributed by atoms with E-state index >= 15 is 0 Å². The van der Waals surface area contributed by atoms with Gasteiger partial charge in [-0.25, -0.2) is 0 Å². The summed E-state index contributed by atoms with van der Waals surface area (Å²) in [4.78, 5) is 0. The number of hydrogen-bond acceptors (Lipinski definition) is 0. The van der Waals surface area contributed by atoms with E-state index in [4.69, 9.17) is 6.42 Å². The molecule has 0 N–H and O–H groups in total. The number of benzene rings is 5. The van der Waals surface area contributed by atoms with Crippen LogP contribution in [-0.4, -0.2) is 0 Å².